The third kappa shape index (κ3) is 5.30. The first-order chi connectivity index (χ1) is 16.9. The van der Waals surface area contributed by atoms with Gasteiger partial charge < -0.3 is 20.5 Å². The van der Waals surface area contributed by atoms with E-state index < -0.39 is 11.1 Å². The fourth-order valence-corrected chi connectivity index (χ4v) is 4.96. The summed E-state index contributed by atoms with van der Waals surface area (Å²) in [5.41, 5.74) is 7.59. The number of benzene rings is 1. The Morgan fingerprint density at radius 3 is 2.67 bits per heavy atom. The molecule has 2 aromatic heterocycles. The van der Waals surface area contributed by atoms with Crippen molar-refractivity contribution in [2.75, 3.05) is 17.3 Å². The van der Waals surface area contributed by atoms with Crippen molar-refractivity contribution in [1.29, 1.82) is 0 Å². The van der Waals surface area contributed by atoms with Crippen molar-refractivity contribution >= 4 is 40.1 Å². The van der Waals surface area contributed by atoms with E-state index >= 15 is 0 Å². The van der Waals surface area contributed by atoms with E-state index in [9.17, 15) is 4.79 Å². The molecular formula is C28H36N4O3S. The lowest BCUT2D eigenvalue weighted by molar-refractivity contribution is -0.0189. The van der Waals surface area contributed by atoms with Gasteiger partial charge in [0.15, 0.2) is 0 Å². The van der Waals surface area contributed by atoms with Gasteiger partial charge in [-0.05, 0) is 88.3 Å². The Kier molecular flexibility index (Phi) is 7.21. The van der Waals surface area contributed by atoms with Crippen LogP contribution in [0.4, 0.5) is 11.6 Å². The van der Waals surface area contributed by atoms with Gasteiger partial charge in [0, 0.05) is 23.0 Å². The molecule has 0 fully saturated rings. The Morgan fingerprint density at radius 1 is 1.22 bits per heavy atom. The van der Waals surface area contributed by atoms with Crippen LogP contribution in [-0.4, -0.2) is 39.7 Å². The molecule has 2 unspecified atom stereocenters. The molecule has 8 heteroatoms. The predicted molar refractivity (Wildman–Crippen MR) is 147 cm³/mol. The lowest BCUT2D eigenvalue weighted by Crippen LogP contribution is -2.39. The number of nitrogens with one attached hydrogen (secondary N) is 1. The van der Waals surface area contributed by atoms with E-state index in [1.54, 1.807) is 12.1 Å². The molecule has 7 nitrogen and oxygen atoms in total. The predicted octanol–water partition coefficient (Wildman–Crippen LogP) is 6.14. The summed E-state index contributed by atoms with van der Waals surface area (Å²) in [6.07, 6.45) is 4.98. The van der Waals surface area contributed by atoms with Gasteiger partial charge in [0.25, 0.3) is 0 Å². The van der Waals surface area contributed by atoms with Crippen LogP contribution < -0.4 is 15.8 Å². The Morgan fingerprint density at radius 2 is 1.97 bits per heavy atom. The maximum Gasteiger partial charge on any atom is 0.340 e. The number of thioether (sulfide) groups is 1. The zero-order chi connectivity index (χ0) is 26.3. The van der Waals surface area contributed by atoms with Gasteiger partial charge in [0.05, 0.1) is 17.4 Å². The summed E-state index contributed by atoms with van der Waals surface area (Å²) in [6, 6.07) is 9.55. The maximum absolute atomic E-state index is 12.4. The van der Waals surface area contributed by atoms with E-state index in [4.69, 9.17) is 20.2 Å². The van der Waals surface area contributed by atoms with E-state index in [2.05, 4.69) is 23.5 Å². The van der Waals surface area contributed by atoms with Crippen LogP contribution in [0.3, 0.4) is 0 Å². The number of carbonyl (C=O) groups is 1. The summed E-state index contributed by atoms with van der Waals surface area (Å²) in [7, 11) is 0. The number of nitrogens with zero attached hydrogens (tertiary/aromatic N) is 2. The monoisotopic (exact) mass is 508 g/mol. The first-order valence-corrected chi connectivity index (χ1v) is 13.7. The summed E-state index contributed by atoms with van der Waals surface area (Å²) >= 11 is 1.81. The van der Waals surface area contributed by atoms with Crippen LogP contribution in [0.5, 0.6) is 5.75 Å². The van der Waals surface area contributed by atoms with Crippen LogP contribution in [-0.2, 0) is 10.3 Å². The third-order valence-electron chi connectivity index (χ3n) is 6.82. The van der Waals surface area contributed by atoms with Crippen molar-refractivity contribution in [3.63, 3.8) is 0 Å². The first-order valence-electron chi connectivity index (χ1n) is 12.3. The van der Waals surface area contributed by atoms with E-state index in [0.29, 0.717) is 17.2 Å². The number of fused-ring (bicyclic) bond motifs is 2. The van der Waals surface area contributed by atoms with Crippen LogP contribution in [0.25, 0.3) is 10.8 Å². The number of aromatic nitrogens is 2. The molecule has 0 spiro atoms. The second kappa shape index (κ2) is 9.90. The molecule has 0 radical (unpaired) electrons. The molecule has 0 saturated carbocycles. The second-order valence-electron chi connectivity index (χ2n) is 10.6. The van der Waals surface area contributed by atoms with Crippen molar-refractivity contribution in [3.05, 3.63) is 53.3 Å². The number of rotatable bonds is 8. The highest BCUT2D eigenvalue weighted by Crippen LogP contribution is 2.39. The van der Waals surface area contributed by atoms with Gasteiger partial charge in [-0.25, -0.2) is 14.8 Å². The van der Waals surface area contributed by atoms with Gasteiger partial charge in [-0.1, -0.05) is 13.0 Å². The number of nitrogens with two attached hydrogens (primary N) is 1. The number of ether oxygens (including phenoxy) is 2. The van der Waals surface area contributed by atoms with Crippen molar-refractivity contribution in [3.8, 4) is 5.75 Å². The zero-order valence-corrected chi connectivity index (χ0v) is 23.0. The highest BCUT2D eigenvalue weighted by molar-refractivity contribution is 7.98. The van der Waals surface area contributed by atoms with Crippen LogP contribution in [0.15, 0.2) is 36.5 Å². The molecule has 1 aliphatic rings. The second-order valence-corrected chi connectivity index (χ2v) is 11.6. The lowest BCUT2D eigenvalue weighted by atomic mass is 9.84. The molecular weight excluding hydrogens is 472 g/mol. The summed E-state index contributed by atoms with van der Waals surface area (Å²) in [6.45, 7) is 11.9. The molecule has 1 aromatic carbocycles. The number of hydrogen-bond donors (Lipinski definition) is 2. The largest absolute Gasteiger partial charge is 0.490 e. The van der Waals surface area contributed by atoms with E-state index in [-0.39, 0.29) is 18.0 Å². The summed E-state index contributed by atoms with van der Waals surface area (Å²) in [5, 5.41) is 5.21. The van der Waals surface area contributed by atoms with Gasteiger partial charge in [0.2, 0.25) is 0 Å². The Labute approximate surface area is 217 Å². The van der Waals surface area contributed by atoms with Crippen molar-refractivity contribution < 1.29 is 14.3 Å². The lowest BCUT2D eigenvalue weighted by Gasteiger charge is -2.36. The highest BCUT2D eigenvalue weighted by Gasteiger charge is 2.40. The van der Waals surface area contributed by atoms with Crippen LogP contribution in [0.1, 0.15) is 75.5 Å². The van der Waals surface area contributed by atoms with E-state index in [1.165, 1.54) is 0 Å². The van der Waals surface area contributed by atoms with Gasteiger partial charge in [-0.15, -0.1) is 0 Å². The standard InChI is InChI=1S/C28H36N4O3S/c1-16(12-13-36-7)34-22-10-9-21(27(3,4)29)19-14-24(30-15-20(19)22)31-23-11-8-18-25(32-23)17(2)28(5,6)35-26(18)33/h8-11,14-17H,12-13,29H2,1-7H3,(H,30,31,32). The first kappa shape index (κ1) is 26.2. The quantitative estimate of drug-likeness (QED) is 0.350. The fraction of sp³-hybridized carbons (Fsp3) is 0.464. The SMILES string of the molecule is CSCCC(C)Oc1ccc(C(C)(C)N)c2cc(Nc3ccc4c(n3)C(C)C(C)(C)OC4=O)ncc12. The van der Waals surface area contributed by atoms with E-state index in [1.807, 2.05) is 70.8 Å². The average molecular weight is 509 g/mol. The minimum atomic E-state index is -0.623. The zero-order valence-electron chi connectivity index (χ0n) is 22.1. The molecule has 0 bridgehead atoms. The minimum absolute atomic E-state index is 0.0473. The van der Waals surface area contributed by atoms with Gasteiger partial charge >= 0.3 is 5.97 Å². The molecule has 36 heavy (non-hydrogen) atoms. The van der Waals surface area contributed by atoms with Crippen LogP contribution in [0.2, 0.25) is 0 Å². The molecule has 3 aromatic rings. The van der Waals surface area contributed by atoms with Crippen LogP contribution >= 0.6 is 11.8 Å². The third-order valence-corrected chi connectivity index (χ3v) is 7.47. The van der Waals surface area contributed by atoms with Crippen molar-refractivity contribution in [2.45, 2.75) is 71.1 Å². The molecule has 1 aliphatic heterocycles. The van der Waals surface area contributed by atoms with Crippen molar-refractivity contribution in [2.24, 2.45) is 5.73 Å². The van der Waals surface area contributed by atoms with Gasteiger partial charge in [0.1, 0.15) is 23.0 Å². The molecule has 3 N–H and O–H groups in total. The number of cyclic esters (lactones) is 1. The topological polar surface area (TPSA) is 99.4 Å². The van der Waals surface area contributed by atoms with Gasteiger partial charge in [-0.2, -0.15) is 11.8 Å². The van der Waals surface area contributed by atoms with Crippen molar-refractivity contribution in [1.82, 2.24) is 9.97 Å². The normalized spacial score (nSPS) is 17.9. The average Bonchev–Trinajstić information content (AvgIpc) is 2.80. The maximum atomic E-state index is 12.4. The van der Waals surface area contributed by atoms with Gasteiger partial charge in [-0.3, -0.25) is 0 Å². The summed E-state index contributed by atoms with van der Waals surface area (Å²) in [4.78, 5) is 21.9. The summed E-state index contributed by atoms with van der Waals surface area (Å²) < 4.78 is 11.9. The molecule has 3 heterocycles. The highest BCUT2D eigenvalue weighted by atomic mass is 32.2. The molecule has 0 aliphatic carbocycles. The Bertz CT molecular complexity index is 1290. The smallest absolute Gasteiger partial charge is 0.340 e. The molecule has 0 amide bonds. The molecule has 2 atom stereocenters. The number of hydrogen-bond acceptors (Lipinski definition) is 8. The minimum Gasteiger partial charge on any atom is -0.490 e. The Hall–Kier alpha value is -2.84. The molecule has 192 valence electrons. The molecule has 4 rings (SSSR count). The Balaban J connectivity index is 1.71. The fourth-order valence-electron chi connectivity index (χ4n) is 4.40. The number of esters is 1. The van der Waals surface area contributed by atoms with E-state index in [0.717, 1.165) is 40.0 Å². The van der Waals surface area contributed by atoms with Crippen LogP contribution in [0, 0.1) is 0 Å². The number of anilines is 2. The molecule has 0 saturated heterocycles. The number of pyridine rings is 2. The number of carbonyl (C=O) groups excluding carboxylic acids is 1. The summed E-state index contributed by atoms with van der Waals surface area (Å²) in [5.74, 6) is 2.70.